The van der Waals surface area contributed by atoms with E-state index in [2.05, 4.69) is 5.32 Å². The third-order valence-corrected chi connectivity index (χ3v) is 0.732. The van der Waals surface area contributed by atoms with Crippen LogP contribution in [0.25, 0.3) is 0 Å². The first-order chi connectivity index (χ1) is 3.81. The highest BCUT2D eigenvalue weighted by Gasteiger charge is 1.94. The first kappa shape index (κ1) is 7.59. The summed E-state index contributed by atoms with van der Waals surface area (Å²) in [7, 11) is 0. The normalized spacial score (nSPS) is 13.2. The molecule has 0 aromatic carbocycles. The van der Waals surface area contributed by atoms with Crippen LogP contribution in [0.5, 0.6) is 0 Å². The fraction of sp³-hybridized carbons (Fsp3) is 0.800. The Labute approximate surface area is 48.7 Å². The maximum Gasteiger partial charge on any atom is 0.163 e. The summed E-state index contributed by atoms with van der Waals surface area (Å²) >= 11 is 0. The number of carbonyl (C=O) groups excluding carboxylic acids is 1. The molecule has 2 N–H and O–H groups in total. The zero-order chi connectivity index (χ0) is 6.41. The van der Waals surface area contributed by atoms with Crippen LogP contribution >= 0.6 is 0 Å². The van der Waals surface area contributed by atoms with Gasteiger partial charge in [0, 0.05) is 0 Å². The fourth-order valence-electron chi connectivity index (χ4n) is 0.340. The third-order valence-electron chi connectivity index (χ3n) is 0.732. The number of carbonyl (C=O) groups is 1. The molecule has 8 heavy (non-hydrogen) atoms. The Bertz CT molecular complexity index is 65.4. The van der Waals surface area contributed by atoms with E-state index in [1.54, 1.807) is 0 Å². The van der Waals surface area contributed by atoms with Gasteiger partial charge in [-0.05, 0) is 13.0 Å². The van der Waals surface area contributed by atoms with Gasteiger partial charge in [0.2, 0.25) is 0 Å². The van der Waals surface area contributed by atoms with E-state index in [1.165, 1.54) is 0 Å². The van der Waals surface area contributed by atoms with E-state index in [-0.39, 0.29) is 0 Å². The first-order valence-corrected chi connectivity index (χ1v) is 2.68. The highest BCUT2D eigenvalue weighted by molar-refractivity contribution is 5.54. The van der Waals surface area contributed by atoms with E-state index in [9.17, 15) is 4.79 Å². The summed E-state index contributed by atoms with van der Waals surface area (Å²) < 4.78 is 0. The van der Waals surface area contributed by atoms with E-state index >= 15 is 0 Å². The van der Waals surface area contributed by atoms with Gasteiger partial charge in [-0.3, -0.25) is 10.1 Å². The molecule has 0 fully saturated rings. The van der Waals surface area contributed by atoms with Gasteiger partial charge in [0.1, 0.15) is 0 Å². The average molecular weight is 117 g/mol. The van der Waals surface area contributed by atoms with Crippen LogP contribution in [0.2, 0.25) is 0 Å². The maximum absolute atomic E-state index is 9.70. The van der Waals surface area contributed by atoms with Crippen molar-refractivity contribution in [3.63, 3.8) is 0 Å². The lowest BCUT2D eigenvalue weighted by Crippen LogP contribution is -2.30. The van der Waals surface area contributed by atoms with E-state index in [0.29, 0.717) is 12.8 Å². The van der Waals surface area contributed by atoms with Gasteiger partial charge in [0.15, 0.2) is 12.5 Å². The summed E-state index contributed by atoms with van der Waals surface area (Å²) in [6.07, 6.45) is 0.413. The molecule has 1 unspecified atom stereocenters. The summed E-state index contributed by atoms with van der Waals surface area (Å²) in [5.41, 5.74) is 0. The van der Waals surface area contributed by atoms with Crippen molar-refractivity contribution >= 4 is 6.29 Å². The number of aldehydes is 1. The van der Waals surface area contributed by atoms with Crippen molar-refractivity contribution in [2.24, 2.45) is 0 Å². The molecule has 3 heteroatoms. The topological polar surface area (TPSA) is 49.3 Å². The first-order valence-electron chi connectivity index (χ1n) is 2.68. The Hall–Kier alpha value is -0.410. The van der Waals surface area contributed by atoms with Crippen molar-refractivity contribution in [2.75, 3.05) is 6.54 Å². The minimum absolute atomic E-state index is 0.468. The van der Waals surface area contributed by atoms with Crippen LogP contribution in [0.1, 0.15) is 13.3 Å². The van der Waals surface area contributed by atoms with Crippen molar-refractivity contribution in [2.45, 2.75) is 19.6 Å². The van der Waals surface area contributed by atoms with Gasteiger partial charge >= 0.3 is 0 Å². The number of hydrogen-bond acceptors (Lipinski definition) is 3. The number of rotatable bonds is 4. The Morgan fingerprint density at radius 1 is 1.88 bits per heavy atom. The zero-order valence-corrected chi connectivity index (χ0v) is 4.92. The minimum Gasteiger partial charge on any atom is -0.372 e. The summed E-state index contributed by atoms with van der Waals surface area (Å²) in [6.45, 7) is 2.64. The minimum atomic E-state index is -0.977. The van der Waals surface area contributed by atoms with Crippen LogP contribution in [0, 0.1) is 0 Å². The molecule has 0 spiro atoms. The van der Waals surface area contributed by atoms with Crippen molar-refractivity contribution in [1.82, 2.24) is 5.32 Å². The summed E-state index contributed by atoms with van der Waals surface area (Å²) in [4.78, 5) is 9.70. The molecule has 3 nitrogen and oxygen atoms in total. The molecule has 0 bridgehead atoms. The van der Waals surface area contributed by atoms with E-state index in [1.807, 2.05) is 6.92 Å². The predicted octanol–water partition coefficient (Wildman–Crippen LogP) is -0.497. The highest BCUT2D eigenvalue weighted by atomic mass is 16.3. The Morgan fingerprint density at radius 3 is 2.88 bits per heavy atom. The summed E-state index contributed by atoms with van der Waals surface area (Å²) in [6, 6.07) is 0. The lowest BCUT2D eigenvalue weighted by Gasteiger charge is -2.01. The van der Waals surface area contributed by atoms with E-state index < -0.39 is 6.23 Å². The van der Waals surface area contributed by atoms with Crippen molar-refractivity contribution in [3.05, 3.63) is 0 Å². The molecule has 0 heterocycles. The molecule has 0 aromatic heterocycles. The van der Waals surface area contributed by atoms with Crippen LogP contribution in [0.3, 0.4) is 0 Å². The molecule has 1 atom stereocenters. The smallest absolute Gasteiger partial charge is 0.163 e. The molecule has 0 rings (SSSR count). The molecule has 0 aromatic rings. The number of aliphatic hydroxyl groups excluding tert-OH is 1. The Kier molecular flexibility index (Phi) is 4.50. The molecule has 0 saturated carbocycles. The Morgan fingerprint density at radius 2 is 2.50 bits per heavy atom. The van der Waals surface area contributed by atoms with Crippen LogP contribution in [0.15, 0.2) is 0 Å². The molecule has 0 aliphatic carbocycles. The average Bonchev–Trinajstić information content (AvgIpc) is 1.83. The maximum atomic E-state index is 9.70. The second-order valence-corrected chi connectivity index (χ2v) is 1.54. The fourth-order valence-corrected chi connectivity index (χ4v) is 0.340. The van der Waals surface area contributed by atoms with Gasteiger partial charge in [0.25, 0.3) is 0 Å². The Balaban J connectivity index is 2.98. The molecule has 0 aliphatic rings. The monoisotopic (exact) mass is 117 g/mol. The van der Waals surface area contributed by atoms with Gasteiger partial charge in [-0.2, -0.15) is 0 Å². The number of hydrogen-bond donors (Lipinski definition) is 2. The van der Waals surface area contributed by atoms with Crippen molar-refractivity contribution in [3.8, 4) is 0 Å². The molecule has 0 amide bonds. The molecule has 0 saturated heterocycles. The lowest BCUT2D eigenvalue weighted by molar-refractivity contribution is -0.116. The van der Waals surface area contributed by atoms with Crippen LogP contribution in [0.4, 0.5) is 0 Å². The van der Waals surface area contributed by atoms with Crippen LogP contribution in [-0.2, 0) is 4.79 Å². The SMILES string of the molecule is CCCNC(O)C=O. The van der Waals surface area contributed by atoms with Crippen molar-refractivity contribution < 1.29 is 9.90 Å². The van der Waals surface area contributed by atoms with Crippen LogP contribution in [-0.4, -0.2) is 24.2 Å². The molecular weight excluding hydrogens is 106 g/mol. The quantitative estimate of drug-likeness (QED) is 0.385. The standard InChI is InChI=1S/C5H11NO2/c1-2-3-6-5(8)4-7/h4-6,8H,2-3H2,1H3. The third kappa shape index (κ3) is 3.77. The zero-order valence-electron chi connectivity index (χ0n) is 4.92. The molecule has 0 aliphatic heterocycles. The molecular formula is C5H11NO2. The number of nitrogens with one attached hydrogen (secondary N) is 1. The van der Waals surface area contributed by atoms with Gasteiger partial charge in [0.05, 0.1) is 0 Å². The molecule has 48 valence electrons. The van der Waals surface area contributed by atoms with Gasteiger partial charge in [-0.25, -0.2) is 0 Å². The second-order valence-electron chi connectivity index (χ2n) is 1.54. The van der Waals surface area contributed by atoms with Gasteiger partial charge < -0.3 is 5.11 Å². The van der Waals surface area contributed by atoms with Crippen molar-refractivity contribution in [1.29, 1.82) is 0 Å². The second kappa shape index (κ2) is 4.74. The van der Waals surface area contributed by atoms with E-state index in [0.717, 1.165) is 6.42 Å². The predicted molar refractivity (Wildman–Crippen MR) is 30.4 cm³/mol. The lowest BCUT2D eigenvalue weighted by atomic mass is 10.5. The van der Waals surface area contributed by atoms with Gasteiger partial charge in [-0.15, -0.1) is 0 Å². The molecule has 0 radical (unpaired) electrons. The summed E-state index contributed by atoms with van der Waals surface area (Å²) in [5.74, 6) is 0. The highest BCUT2D eigenvalue weighted by Crippen LogP contribution is 1.71. The largest absolute Gasteiger partial charge is 0.372 e. The summed E-state index contributed by atoms with van der Waals surface area (Å²) in [5, 5.41) is 11.1. The number of aliphatic hydroxyl groups is 1. The van der Waals surface area contributed by atoms with E-state index in [4.69, 9.17) is 5.11 Å². The van der Waals surface area contributed by atoms with Gasteiger partial charge in [-0.1, -0.05) is 6.92 Å². The van der Waals surface area contributed by atoms with Crippen LogP contribution < -0.4 is 5.32 Å².